The van der Waals surface area contributed by atoms with Crippen molar-refractivity contribution in [1.29, 1.82) is 0 Å². The van der Waals surface area contributed by atoms with Gasteiger partial charge in [0.05, 0.1) is 11.4 Å². The zero-order chi connectivity index (χ0) is 10.8. The van der Waals surface area contributed by atoms with E-state index in [1.807, 2.05) is 30.7 Å². The van der Waals surface area contributed by atoms with Crippen LogP contribution in [0.5, 0.6) is 0 Å². The summed E-state index contributed by atoms with van der Waals surface area (Å²) in [6, 6.07) is 3.82. The molecule has 0 atom stereocenters. The van der Waals surface area contributed by atoms with Gasteiger partial charge in [-0.1, -0.05) is 0 Å². The van der Waals surface area contributed by atoms with Crippen LogP contribution in [-0.4, -0.2) is 19.7 Å². The molecule has 0 aliphatic heterocycles. The minimum absolute atomic E-state index is 0.300. The van der Waals surface area contributed by atoms with E-state index < -0.39 is 0 Å². The Labute approximate surface area is 88.0 Å². The molecule has 2 heterocycles. The van der Waals surface area contributed by atoms with Gasteiger partial charge in [0.1, 0.15) is 0 Å². The smallest absolute Gasteiger partial charge is 0.220 e. The van der Waals surface area contributed by atoms with Crippen molar-refractivity contribution in [2.45, 2.75) is 20.4 Å². The highest BCUT2D eigenvalue weighted by atomic mass is 15.3. The van der Waals surface area contributed by atoms with Crippen LogP contribution in [0, 0.1) is 6.92 Å². The molecule has 15 heavy (non-hydrogen) atoms. The van der Waals surface area contributed by atoms with Gasteiger partial charge < -0.3 is 5.73 Å². The van der Waals surface area contributed by atoms with E-state index in [1.54, 1.807) is 6.20 Å². The first-order valence-electron chi connectivity index (χ1n) is 4.84. The highest BCUT2D eigenvalue weighted by Gasteiger charge is 2.07. The lowest BCUT2D eigenvalue weighted by Crippen LogP contribution is -2.03. The summed E-state index contributed by atoms with van der Waals surface area (Å²) >= 11 is 0. The van der Waals surface area contributed by atoms with Crippen molar-refractivity contribution in [1.82, 2.24) is 19.7 Å². The molecule has 0 spiro atoms. The number of nitrogen functional groups attached to an aromatic ring is 1. The second kappa shape index (κ2) is 3.68. The van der Waals surface area contributed by atoms with E-state index in [9.17, 15) is 0 Å². The van der Waals surface area contributed by atoms with Gasteiger partial charge >= 0.3 is 0 Å². The van der Waals surface area contributed by atoms with Crippen molar-refractivity contribution < 1.29 is 0 Å². The molecule has 0 saturated heterocycles. The molecule has 0 saturated carbocycles. The van der Waals surface area contributed by atoms with Crippen molar-refractivity contribution in [3.05, 3.63) is 24.0 Å². The van der Waals surface area contributed by atoms with Crippen LogP contribution in [0.4, 0.5) is 5.95 Å². The predicted molar refractivity (Wildman–Crippen MR) is 58.1 cm³/mol. The summed E-state index contributed by atoms with van der Waals surface area (Å²) < 4.78 is 1.88. The van der Waals surface area contributed by atoms with E-state index in [1.165, 1.54) is 0 Å². The van der Waals surface area contributed by atoms with E-state index >= 15 is 0 Å². The van der Waals surface area contributed by atoms with E-state index in [0.717, 1.165) is 23.6 Å². The Hall–Kier alpha value is -1.91. The molecule has 2 aromatic rings. The molecule has 2 aromatic heterocycles. The van der Waals surface area contributed by atoms with E-state index in [-0.39, 0.29) is 0 Å². The largest absolute Gasteiger partial charge is 0.368 e. The van der Waals surface area contributed by atoms with Crippen molar-refractivity contribution in [3.8, 4) is 11.4 Å². The molecular weight excluding hydrogens is 190 g/mol. The maximum Gasteiger partial charge on any atom is 0.220 e. The highest BCUT2D eigenvalue weighted by Crippen LogP contribution is 2.17. The summed E-state index contributed by atoms with van der Waals surface area (Å²) in [5, 5.41) is 4.19. The molecule has 78 valence electrons. The first-order chi connectivity index (χ1) is 7.20. The maximum absolute atomic E-state index is 5.61. The normalized spacial score (nSPS) is 10.5. The fourth-order valence-electron chi connectivity index (χ4n) is 1.52. The quantitative estimate of drug-likeness (QED) is 0.797. The van der Waals surface area contributed by atoms with E-state index in [4.69, 9.17) is 5.73 Å². The summed E-state index contributed by atoms with van der Waals surface area (Å²) in [5.74, 6) is 0.300. The molecule has 0 fully saturated rings. The number of rotatable bonds is 2. The zero-order valence-corrected chi connectivity index (χ0v) is 8.81. The fraction of sp³-hybridized carbons (Fsp3) is 0.300. The maximum atomic E-state index is 5.61. The van der Waals surface area contributed by atoms with Crippen LogP contribution in [-0.2, 0) is 6.54 Å². The topological polar surface area (TPSA) is 69.6 Å². The Morgan fingerprint density at radius 2 is 2.20 bits per heavy atom. The van der Waals surface area contributed by atoms with E-state index in [0.29, 0.717) is 5.95 Å². The van der Waals surface area contributed by atoms with Crippen molar-refractivity contribution in [2.24, 2.45) is 0 Å². The molecular formula is C10H13N5. The minimum atomic E-state index is 0.300. The molecule has 2 rings (SSSR count). The number of hydrogen-bond acceptors (Lipinski definition) is 4. The van der Waals surface area contributed by atoms with Crippen molar-refractivity contribution in [2.75, 3.05) is 5.73 Å². The molecule has 0 unspecified atom stereocenters. The van der Waals surface area contributed by atoms with Gasteiger partial charge in [-0.05, 0) is 26.0 Å². The number of hydrogen-bond donors (Lipinski definition) is 1. The third-order valence-corrected chi connectivity index (χ3v) is 2.15. The van der Waals surface area contributed by atoms with Crippen LogP contribution in [0.3, 0.4) is 0 Å². The second-order valence-corrected chi connectivity index (χ2v) is 3.28. The van der Waals surface area contributed by atoms with Gasteiger partial charge in [-0.25, -0.2) is 9.97 Å². The summed E-state index contributed by atoms with van der Waals surface area (Å²) in [5.41, 5.74) is 8.25. The van der Waals surface area contributed by atoms with Gasteiger partial charge in [0.15, 0.2) is 0 Å². The standard InChI is InChI=1S/C10H13N5/c1-3-15-9(4-5-12-15)8-6-7(2)13-10(11)14-8/h4-6H,3H2,1-2H3,(H2,11,13,14). The molecule has 0 amide bonds. The van der Waals surface area contributed by atoms with Crippen molar-refractivity contribution in [3.63, 3.8) is 0 Å². The first kappa shape index (κ1) is 9.64. The number of aryl methyl sites for hydroxylation is 2. The Kier molecular flexibility index (Phi) is 2.37. The average molecular weight is 203 g/mol. The molecule has 0 bridgehead atoms. The van der Waals surface area contributed by atoms with Gasteiger partial charge in [0, 0.05) is 18.4 Å². The van der Waals surface area contributed by atoms with Gasteiger partial charge in [-0.2, -0.15) is 5.10 Å². The van der Waals surface area contributed by atoms with Crippen molar-refractivity contribution >= 4 is 5.95 Å². The Morgan fingerprint density at radius 3 is 2.87 bits per heavy atom. The summed E-state index contributed by atoms with van der Waals surface area (Å²) in [4.78, 5) is 8.23. The minimum Gasteiger partial charge on any atom is -0.368 e. The van der Waals surface area contributed by atoms with Crippen LogP contribution < -0.4 is 5.73 Å². The lowest BCUT2D eigenvalue weighted by molar-refractivity contribution is 0.665. The summed E-state index contributed by atoms with van der Waals surface area (Å²) in [6.07, 6.45) is 1.76. The lowest BCUT2D eigenvalue weighted by Gasteiger charge is -2.05. The third-order valence-electron chi connectivity index (χ3n) is 2.15. The Morgan fingerprint density at radius 1 is 1.40 bits per heavy atom. The molecule has 5 nitrogen and oxygen atoms in total. The Bertz CT molecular complexity index is 454. The average Bonchev–Trinajstić information content (AvgIpc) is 2.63. The molecule has 0 aliphatic rings. The van der Waals surface area contributed by atoms with Crippen LogP contribution in [0.15, 0.2) is 18.3 Å². The van der Waals surface area contributed by atoms with Crippen LogP contribution in [0.2, 0.25) is 0 Å². The van der Waals surface area contributed by atoms with Crippen LogP contribution >= 0.6 is 0 Å². The van der Waals surface area contributed by atoms with Gasteiger partial charge in [-0.3, -0.25) is 4.68 Å². The van der Waals surface area contributed by atoms with Gasteiger partial charge in [0.25, 0.3) is 0 Å². The highest BCUT2D eigenvalue weighted by molar-refractivity contribution is 5.55. The molecule has 0 aliphatic carbocycles. The SMILES string of the molecule is CCn1nccc1-c1cc(C)nc(N)n1. The van der Waals surface area contributed by atoms with E-state index in [2.05, 4.69) is 15.1 Å². The number of nitrogens with two attached hydrogens (primary N) is 1. The molecule has 2 N–H and O–H groups in total. The number of nitrogens with zero attached hydrogens (tertiary/aromatic N) is 4. The molecule has 0 aromatic carbocycles. The predicted octanol–water partition coefficient (Wildman–Crippen LogP) is 1.25. The summed E-state index contributed by atoms with van der Waals surface area (Å²) in [6.45, 7) is 4.74. The van der Waals surface area contributed by atoms with Gasteiger partial charge in [-0.15, -0.1) is 0 Å². The zero-order valence-electron chi connectivity index (χ0n) is 8.81. The summed E-state index contributed by atoms with van der Waals surface area (Å²) in [7, 11) is 0. The Balaban J connectivity index is 2.53. The third kappa shape index (κ3) is 1.81. The van der Waals surface area contributed by atoms with Gasteiger partial charge in [0.2, 0.25) is 5.95 Å². The number of aromatic nitrogens is 4. The molecule has 0 radical (unpaired) electrons. The second-order valence-electron chi connectivity index (χ2n) is 3.28. The van der Waals surface area contributed by atoms with Crippen LogP contribution in [0.25, 0.3) is 11.4 Å². The van der Waals surface area contributed by atoms with Crippen LogP contribution in [0.1, 0.15) is 12.6 Å². The lowest BCUT2D eigenvalue weighted by atomic mass is 10.2. The monoisotopic (exact) mass is 203 g/mol. The number of anilines is 1. The fourth-order valence-corrected chi connectivity index (χ4v) is 1.52. The first-order valence-corrected chi connectivity index (χ1v) is 4.84. The molecule has 5 heteroatoms.